The molecule has 0 radical (unpaired) electrons. The molecule has 0 saturated carbocycles. The maximum Gasteiger partial charge on any atom is 0.192 e. The van der Waals surface area contributed by atoms with Crippen LogP contribution in [0.4, 0.5) is 11.4 Å². The summed E-state index contributed by atoms with van der Waals surface area (Å²) in [6.07, 6.45) is 15.8. The molecular formula is C131H137N5O4S3. The topological polar surface area (TPSA) is 116 Å². The van der Waals surface area contributed by atoms with E-state index in [0.717, 1.165) is 106 Å². The van der Waals surface area contributed by atoms with Crippen molar-refractivity contribution in [3.05, 3.63) is 449 Å². The van der Waals surface area contributed by atoms with Crippen LogP contribution in [-0.4, -0.2) is 26.4 Å². The van der Waals surface area contributed by atoms with Crippen molar-refractivity contribution in [2.24, 2.45) is 9.98 Å². The Kier molecular flexibility index (Phi) is 35.3. The maximum atomic E-state index is 5.45. The lowest BCUT2D eigenvalue weighted by atomic mass is 10.1. The Bertz CT molecular complexity index is 7060. The molecule has 0 amide bonds. The molecule has 13 aromatic carbocycles. The number of thiophene rings is 2. The quantitative estimate of drug-likeness (QED) is 0.148. The highest BCUT2D eigenvalue weighted by atomic mass is 32.1. The van der Waals surface area contributed by atoms with E-state index in [2.05, 4.69) is 399 Å². The van der Waals surface area contributed by atoms with Crippen molar-refractivity contribution in [1.82, 2.24) is 15.0 Å². The molecule has 6 aliphatic rings. The van der Waals surface area contributed by atoms with Gasteiger partial charge >= 0.3 is 0 Å². The number of allylic oxidation sites excluding steroid dienone is 4. The second kappa shape index (κ2) is 48.2. The first-order valence-electron chi connectivity index (χ1n) is 49.5. The van der Waals surface area contributed by atoms with Crippen LogP contribution < -0.4 is 0 Å². The molecular weight excluding hydrogens is 1800 g/mol. The number of nitrogens with zero attached hydrogens (tertiary/aromatic N) is 5. The summed E-state index contributed by atoms with van der Waals surface area (Å²) < 4.78 is 25.6. The van der Waals surface area contributed by atoms with Crippen LogP contribution in [0, 0.1) is 138 Å². The number of rotatable bonds is 0. The molecule has 4 aliphatic carbocycles. The van der Waals surface area contributed by atoms with E-state index in [4.69, 9.17) is 17.7 Å². The molecule has 20 aromatic rings. The minimum absolute atomic E-state index is 0.727. The molecule has 0 unspecified atom stereocenters. The number of thiazole rings is 1. The zero-order valence-corrected chi connectivity index (χ0v) is 90.9. The molecule has 26 rings (SSSR count). The Morgan fingerprint density at radius 3 is 1.13 bits per heavy atom. The predicted octanol–water partition coefficient (Wildman–Crippen LogP) is 38.0. The summed E-state index contributed by atoms with van der Waals surface area (Å²) in [6, 6.07) is 92.2. The van der Waals surface area contributed by atoms with Gasteiger partial charge in [-0.1, -0.05) is 238 Å². The second-order valence-corrected chi connectivity index (χ2v) is 43.3. The van der Waals surface area contributed by atoms with Crippen molar-refractivity contribution in [3.63, 3.8) is 0 Å². The van der Waals surface area contributed by atoms with E-state index < -0.39 is 0 Å². The number of furan rings is 2. The summed E-state index contributed by atoms with van der Waals surface area (Å²) in [7, 11) is 0. The molecule has 2 aliphatic heterocycles. The molecule has 12 heteroatoms. The predicted molar refractivity (Wildman–Crippen MR) is 619 cm³/mol. The largest absolute Gasteiger partial charge is 0.461 e. The standard InChI is InChI=1S/4C11H12.2C10H11N.2C10H10O.2C10H10S.2C9H9NO.C9H9NS/c4*1-8-3-4-10-6-9(2)7-11(10)5-8;2*1-7-3-4-9-6-8(2)11-10(9)5-7;1-7-3-4-10-9(5-7)6-8(2)11-10;1-7-3-4-9-6-8(2)11-10(9)5-7;1-7-3-4-10-9(5-7)6-8(2)11-10;1-7-3-4-9-6-8(2)11-10(9)5-7;1-6-3-4-9-8(5-6)10-7(2)11-9;1-6-3-4-8-9(5-6)11-7(2)10-8;1-6-3-4-9-8(5-6)10-7(2)11-9/h2*3-5,7H,6H2,1-2H3;2*3-6H,7H2,1-2H3;2*3-5H,6H2,1-2H3;4*3-6H,1-2H3;3*3-5H,1-2H3. The smallest absolute Gasteiger partial charge is 0.192 e. The fraction of sp³-hybridized carbons (Fsp3) is 0.244. The van der Waals surface area contributed by atoms with Crippen LogP contribution in [0.5, 0.6) is 0 Å². The highest BCUT2D eigenvalue weighted by molar-refractivity contribution is 7.19. The van der Waals surface area contributed by atoms with E-state index in [9.17, 15) is 0 Å². The molecule has 7 aromatic heterocycles. The molecule has 9 nitrogen and oxygen atoms in total. The van der Waals surface area contributed by atoms with Crippen molar-refractivity contribution < 1.29 is 17.7 Å². The van der Waals surface area contributed by atoms with Crippen LogP contribution in [0.1, 0.15) is 208 Å². The lowest BCUT2D eigenvalue weighted by molar-refractivity contribution is 0.560. The highest BCUT2D eigenvalue weighted by Gasteiger charge is 2.16. The third kappa shape index (κ3) is 30.3. The van der Waals surface area contributed by atoms with Gasteiger partial charge in [0.25, 0.3) is 0 Å². The summed E-state index contributed by atoms with van der Waals surface area (Å²) in [5.74, 6) is 3.41. The lowest BCUT2D eigenvalue weighted by Gasteiger charge is -1.98. The Morgan fingerprint density at radius 1 is 0.210 bits per heavy atom. The molecule has 728 valence electrons. The Hall–Kier alpha value is -14.0. The van der Waals surface area contributed by atoms with Crippen LogP contribution in [0.3, 0.4) is 0 Å². The molecule has 0 bridgehead atoms. The molecule has 0 spiro atoms. The SMILES string of the molecule is CC1=Cc2cc(C)ccc2C1.CC1=Cc2cc(C)ccc2C1.CC1=Cc2ccc(C)cc2C1.CC1=Cc2ccc(C)cc2C1.CC1=Nc2cc(C)ccc2C1.CC1=Nc2cc(C)ccc2C1.Cc1ccc2cc(C)oc2c1.Cc1ccc2cc(C)sc2c1.Cc1ccc2nc(C)oc2c1.Cc1ccc2oc(C)cc2c1.Cc1ccc2oc(C)nc2c1.Cc1ccc2sc(C)cc2c1.Cc1ccc2sc(C)nc2c1. The van der Waals surface area contributed by atoms with Crippen molar-refractivity contribution in [1.29, 1.82) is 0 Å². The van der Waals surface area contributed by atoms with Gasteiger partial charge in [0.1, 0.15) is 33.7 Å². The van der Waals surface area contributed by atoms with Gasteiger partial charge in [0.15, 0.2) is 22.9 Å². The van der Waals surface area contributed by atoms with Gasteiger partial charge in [0.05, 0.1) is 26.6 Å². The maximum absolute atomic E-state index is 5.45. The molecule has 0 fully saturated rings. The second-order valence-electron chi connectivity index (χ2n) is 39.5. The molecule has 0 saturated heterocycles. The van der Waals surface area contributed by atoms with Crippen molar-refractivity contribution in [3.8, 4) is 0 Å². The highest BCUT2D eigenvalue weighted by Crippen LogP contribution is 2.35. The lowest BCUT2D eigenvalue weighted by Crippen LogP contribution is -1.87. The number of aryl methyl sites for hydroxylation is 20. The third-order valence-corrected chi connectivity index (χ3v) is 27.8. The van der Waals surface area contributed by atoms with E-state index in [0.29, 0.717) is 0 Å². The van der Waals surface area contributed by atoms with E-state index in [1.54, 1.807) is 11.3 Å². The zero-order valence-electron chi connectivity index (χ0n) is 88.5. The van der Waals surface area contributed by atoms with Crippen LogP contribution in [0.15, 0.2) is 311 Å². The van der Waals surface area contributed by atoms with Gasteiger partial charge in [-0.25, -0.2) is 15.0 Å². The fourth-order valence-corrected chi connectivity index (χ4v) is 20.8. The first kappa shape index (κ1) is 105. The Morgan fingerprint density at radius 2 is 0.580 bits per heavy atom. The number of hydrogen-bond donors (Lipinski definition) is 0. The van der Waals surface area contributed by atoms with Gasteiger partial charge in [-0.3, -0.25) is 9.98 Å². The summed E-state index contributed by atoms with van der Waals surface area (Å²) >= 11 is 5.48. The normalized spacial score (nSPS) is 12.5. The summed E-state index contributed by atoms with van der Waals surface area (Å²) in [5.41, 5.74) is 48.7. The van der Waals surface area contributed by atoms with Gasteiger partial charge in [-0.05, 0) is 400 Å². The minimum atomic E-state index is 0.727. The van der Waals surface area contributed by atoms with Gasteiger partial charge < -0.3 is 17.7 Å². The van der Waals surface area contributed by atoms with Crippen LogP contribution >= 0.6 is 34.0 Å². The number of fused-ring (bicyclic) bond motifs is 13. The van der Waals surface area contributed by atoms with Crippen LogP contribution in [0.25, 0.3) is 98.8 Å². The van der Waals surface area contributed by atoms with E-state index in [-0.39, 0.29) is 0 Å². The van der Waals surface area contributed by atoms with Crippen molar-refractivity contribution >= 4 is 156 Å². The van der Waals surface area contributed by atoms with Crippen molar-refractivity contribution in [2.45, 2.75) is 219 Å². The third-order valence-electron chi connectivity index (χ3n) is 24.8. The van der Waals surface area contributed by atoms with E-state index >= 15 is 0 Å². The van der Waals surface area contributed by atoms with Gasteiger partial charge in [-0.2, -0.15) is 0 Å². The molecule has 0 atom stereocenters. The fourth-order valence-electron chi connectivity index (χ4n) is 18.0. The van der Waals surface area contributed by atoms with Crippen molar-refractivity contribution in [2.75, 3.05) is 0 Å². The number of hydrogen-bond acceptors (Lipinski definition) is 12. The van der Waals surface area contributed by atoms with Crippen LogP contribution in [0.2, 0.25) is 0 Å². The number of oxazole rings is 2. The summed E-state index contributed by atoms with van der Waals surface area (Å²) in [6.45, 7) is 54.3. The first-order valence-corrected chi connectivity index (χ1v) is 52.0. The average Bonchev–Trinajstić information content (AvgIpc) is 1.74. The Labute approximate surface area is 859 Å². The number of benzene rings is 13. The zero-order chi connectivity index (χ0) is 102. The summed E-state index contributed by atoms with van der Waals surface area (Å²) in [4.78, 5) is 24.4. The van der Waals surface area contributed by atoms with Crippen LogP contribution in [-0.2, 0) is 38.5 Å². The number of aliphatic imine (C=N–C) groups is 2. The molecule has 9 heterocycles. The number of aromatic nitrogens is 3. The van der Waals surface area contributed by atoms with Gasteiger partial charge in [0.2, 0.25) is 0 Å². The summed E-state index contributed by atoms with van der Waals surface area (Å²) in [5, 5.41) is 6.28. The first-order chi connectivity index (χ1) is 68.3. The molecule has 0 N–H and O–H groups in total. The minimum Gasteiger partial charge on any atom is -0.461 e. The van der Waals surface area contributed by atoms with E-state index in [1.165, 1.54) is 218 Å². The average molecular weight is 1940 g/mol. The molecule has 143 heavy (non-hydrogen) atoms. The van der Waals surface area contributed by atoms with Gasteiger partial charge in [0, 0.05) is 68.0 Å². The van der Waals surface area contributed by atoms with Gasteiger partial charge in [-0.15, -0.1) is 34.0 Å². The van der Waals surface area contributed by atoms with E-state index in [1.807, 2.05) is 114 Å². The monoisotopic (exact) mass is 1940 g/mol. The Balaban J connectivity index is 0.000000123.